The van der Waals surface area contributed by atoms with Crippen molar-refractivity contribution in [1.82, 2.24) is 0 Å². The van der Waals surface area contributed by atoms with E-state index >= 15 is 0 Å². The molecule has 0 aliphatic carbocycles. The molecule has 19 heteroatoms. The van der Waals surface area contributed by atoms with E-state index in [2.05, 4.69) is 55.4 Å². The highest BCUT2D eigenvalue weighted by Crippen LogP contribution is 2.45. The average Bonchev–Trinajstić information content (AvgIpc) is 3.28. The third kappa shape index (κ3) is 65.1. The van der Waals surface area contributed by atoms with Gasteiger partial charge in [0.05, 0.1) is 26.4 Å². The predicted molar refractivity (Wildman–Crippen MR) is 367 cm³/mol. The smallest absolute Gasteiger partial charge is 0.462 e. The second-order valence-corrected chi connectivity index (χ2v) is 30.6. The zero-order valence-corrected chi connectivity index (χ0v) is 61.3. The van der Waals surface area contributed by atoms with E-state index < -0.39 is 97.5 Å². The first-order valence-electron chi connectivity index (χ1n) is 37.2. The van der Waals surface area contributed by atoms with Crippen molar-refractivity contribution in [3.05, 3.63) is 0 Å². The standard InChI is InChI=1S/C72H140O17P2/c1-9-65(8)51-43-35-27-16-14-12-10-11-13-15-17-28-36-44-52-69(74)82-58-67(88-71(76)54-46-38-30-22-19-25-33-41-49-63(4)5)60-86-90(78,79)84-56-66(73)57-85-91(80,81)87-61-68(89-72(77)55-47-39-31-23-20-26-34-42-50-64(6)7)59-83-70(75)53-45-37-29-21-18-24-32-40-48-62(2)3/h62-68,73H,9-61H2,1-8H3,(H,78,79)(H,80,81)/t65?,66?,67-,68-/m1/s1. The molecule has 0 aliphatic heterocycles. The second kappa shape index (κ2) is 61.6. The largest absolute Gasteiger partial charge is 0.472 e. The third-order valence-electron chi connectivity index (χ3n) is 16.9. The van der Waals surface area contributed by atoms with Gasteiger partial charge < -0.3 is 33.8 Å². The molecule has 0 bridgehead atoms. The van der Waals surface area contributed by atoms with Crippen LogP contribution in [0, 0.1) is 23.7 Å². The van der Waals surface area contributed by atoms with Crippen LogP contribution >= 0.6 is 15.6 Å². The van der Waals surface area contributed by atoms with Crippen LogP contribution in [0.15, 0.2) is 0 Å². The fourth-order valence-corrected chi connectivity index (χ4v) is 12.4. The van der Waals surface area contributed by atoms with Crippen LogP contribution in [0.3, 0.4) is 0 Å². The highest BCUT2D eigenvalue weighted by Gasteiger charge is 2.30. The maximum atomic E-state index is 13.0. The summed E-state index contributed by atoms with van der Waals surface area (Å²) in [4.78, 5) is 72.6. The summed E-state index contributed by atoms with van der Waals surface area (Å²) in [6.45, 7) is 14.1. The van der Waals surface area contributed by atoms with Gasteiger partial charge in [-0.3, -0.25) is 37.3 Å². The lowest BCUT2D eigenvalue weighted by Crippen LogP contribution is -2.30. The van der Waals surface area contributed by atoms with Crippen LogP contribution in [0.2, 0.25) is 0 Å². The molecule has 17 nitrogen and oxygen atoms in total. The maximum absolute atomic E-state index is 13.0. The van der Waals surface area contributed by atoms with Crippen molar-refractivity contribution >= 4 is 39.5 Å². The molecule has 0 fully saturated rings. The number of phosphoric ester groups is 2. The summed E-state index contributed by atoms with van der Waals surface area (Å²) in [6.07, 6.45) is 44.5. The maximum Gasteiger partial charge on any atom is 0.472 e. The summed E-state index contributed by atoms with van der Waals surface area (Å²) in [5.41, 5.74) is 0. The Morgan fingerprint density at radius 2 is 0.527 bits per heavy atom. The van der Waals surface area contributed by atoms with Crippen LogP contribution in [0.5, 0.6) is 0 Å². The Hall–Kier alpha value is -1.94. The highest BCUT2D eigenvalue weighted by atomic mass is 31.2. The molecule has 0 amide bonds. The topological polar surface area (TPSA) is 237 Å². The van der Waals surface area contributed by atoms with Crippen molar-refractivity contribution < 1.29 is 80.2 Å². The summed E-state index contributed by atoms with van der Waals surface area (Å²) < 4.78 is 68.3. The zero-order chi connectivity index (χ0) is 67.5. The van der Waals surface area contributed by atoms with Gasteiger partial charge in [-0.25, -0.2) is 9.13 Å². The van der Waals surface area contributed by atoms with Crippen molar-refractivity contribution in [2.45, 2.75) is 375 Å². The molecule has 0 saturated carbocycles. The van der Waals surface area contributed by atoms with E-state index in [0.29, 0.717) is 25.7 Å². The second-order valence-electron chi connectivity index (χ2n) is 27.6. The van der Waals surface area contributed by atoms with Gasteiger partial charge in [-0.1, -0.05) is 306 Å². The molecule has 0 aromatic rings. The number of ether oxygens (including phenoxy) is 4. The molecule has 540 valence electrons. The van der Waals surface area contributed by atoms with Gasteiger partial charge in [0.15, 0.2) is 12.2 Å². The molecule has 0 spiro atoms. The molecule has 3 N–H and O–H groups in total. The molecule has 0 heterocycles. The molecule has 0 aromatic carbocycles. The predicted octanol–water partition coefficient (Wildman–Crippen LogP) is 20.5. The SMILES string of the molecule is CCC(C)CCCCCCCCCCCCCCCCC(=O)OC[C@H](COP(=O)(O)OCC(O)COP(=O)(O)OC[C@@H](COC(=O)CCCCCCCCCCC(C)C)OC(=O)CCCCCCCCCCC(C)C)OC(=O)CCCCCCCCCCC(C)C. The van der Waals surface area contributed by atoms with Crippen molar-refractivity contribution in [3.8, 4) is 0 Å². The number of unbranched alkanes of at least 4 members (excludes halogenated alkanes) is 34. The lowest BCUT2D eigenvalue weighted by Gasteiger charge is -2.21. The number of rotatable bonds is 69. The van der Waals surface area contributed by atoms with Crippen molar-refractivity contribution in [2.75, 3.05) is 39.6 Å². The summed E-state index contributed by atoms with van der Waals surface area (Å²) in [7, 11) is -9.90. The molecule has 4 unspecified atom stereocenters. The first-order valence-corrected chi connectivity index (χ1v) is 40.2. The molecular formula is C72H140O17P2. The first-order chi connectivity index (χ1) is 43.6. The molecule has 91 heavy (non-hydrogen) atoms. The normalized spacial score (nSPS) is 14.5. The van der Waals surface area contributed by atoms with Gasteiger partial charge in [0.2, 0.25) is 0 Å². The van der Waals surface area contributed by atoms with E-state index in [1.165, 1.54) is 161 Å². The summed E-state index contributed by atoms with van der Waals surface area (Å²) >= 11 is 0. The van der Waals surface area contributed by atoms with Crippen LogP contribution in [-0.2, 0) is 65.4 Å². The molecular weight excluding hydrogens is 1200 g/mol. The average molecular weight is 1340 g/mol. The number of hydrogen-bond acceptors (Lipinski definition) is 15. The number of carbonyl (C=O) groups excluding carboxylic acids is 4. The molecule has 6 atom stereocenters. The highest BCUT2D eigenvalue weighted by molar-refractivity contribution is 7.47. The van der Waals surface area contributed by atoms with Crippen LogP contribution < -0.4 is 0 Å². The fourth-order valence-electron chi connectivity index (χ4n) is 10.8. The number of hydrogen-bond donors (Lipinski definition) is 3. The number of esters is 4. The van der Waals surface area contributed by atoms with E-state index in [4.69, 9.17) is 37.0 Å². The molecule has 0 aliphatic rings. The van der Waals surface area contributed by atoms with Gasteiger partial charge >= 0.3 is 39.5 Å². The van der Waals surface area contributed by atoms with Crippen molar-refractivity contribution in [3.63, 3.8) is 0 Å². The van der Waals surface area contributed by atoms with E-state index in [1.54, 1.807) is 0 Å². The van der Waals surface area contributed by atoms with Crippen LogP contribution in [0.4, 0.5) is 0 Å². The molecule has 0 saturated heterocycles. The Morgan fingerprint density at radius 1 is 0.308 bits per heavy atom. The van der Waals surface area contributed by atoms with Gasteiger partial charge in [-0.05, 0) is 49.4 Å². The van der Waals surface area contributed by atoms with Crippen LogP contribution in [0.1, 0.15) is 357 Å². The minimum Gasteiger partial charge on any atom is -0.462 e. The Kier molecular flexibility index (Phi) is 60.3. The van der Waals surface area contributed by atoms with E-state index in [-0.39, 0.29) is 25.7 Å². The molecule has 0 rings (SSSR count). The number of phosphoric acid groups is 2. The minimum absolute atomic E-state index is 0.103. The number of aliphatic hydroxyl groups excluding tert-OH is 1. The molecule has 0 aromatic heterocycles. The Bertz CT molecular complexity index is 1800. The zero-order valence-electron chi connectivity index (χ0n) is 59.5. The summed E-state index contributed by atoms with van der Waals surface area (Å²) in [5, 5.41) is 10.6. The van der Waals surface area contributed by atoms with Crippen molar-refractivity contribution in [1.29, 1.82) is 0 Å². The number of aliphatic hydroxyl groups is 1. The van der Waals surface area contributed by atoms with E-state index in [9.17, 15) is 43.2 Å². The van der Waals surface area contributed by atoms with Gasteiger partial charge in [0.1, 0.15) is 19.3 Å². The van der Waals surface area contributed by atoms with Gasteiger partial charge in [-0.2, -0.15) is 0 Å². The van der Waals surface area contributed by atoms with Crippen LogP contribution in [0.25, 0.3) is 0 Å². The summed E-state index contributed by atoms with van der Waals surface area (Å²) in [5.74, 6) is 0.883. The Balaban J connectivity index is 5.21. The Labute approximate surface area is 556 Å². The summed E-state index contributed by atoms with van der Waals surface area (Å²) in [6, 6.07) is 0. The fraction of sp³-hybridized carbons (Fsp3) is 0.944. The van der Waals surface area contributed by atoms with Crippen molar-refractivity contribution in [2.24, 2.45) is 23.7 Å². The van der Waals surface area contributed by atoms with E-state index in [0.717, 1.165) is 114 Å². The van der Waals surface area contributed by atoms with Gasteiger partial charge in [0, 0.05) is 25.7 Å². The van der Waals surface area contributed by atoms with E-state index in [1.807, 2.05) is 0 Å². The molecule has 0 radical (unpaired) electrons. The Morgan fingerprint density at radius 3 is 0.780 bits per heavy atom. The monoisotopic (exact) mass is 1340 g/mol. The quantitative estimate of drug-likeness (QED) is 0.0222. The minimum atomic E-state index is -4.95. The number of carbonyl (C=O) groups is 4. The van der Waals surface area contributed by atoms with Gasteiger partial charge in [0.25, 0.3) is 0 Å². The van der Waals surface area contributed by atoms with Gasteiger partial charge in [-0.15, -0.1) is 0 Å². The lowest BCUT2D eigenvalue weighted by molar-refractivity contribution is -0.161. The third-order valence-corrected chi connectivity index (χ3v) is 18.8. The van der Waals surface area contributed by atoms with Crippen LogP contribution in [-0.4, -0.2) is 96.7 Å². The lowest BCUT2D eigenvalue weighted by atomic mass is 9.99. The first kappa shape index (κ1) is 89.1.